The number of rotatable bonds is 10. The summed E-state index contributed by atoms with van der Waals surface area (Å²) in [5, 5.41) is 6.42. The van der Waals surface area contributed by atoms with Gasteiger partial charge in [-0.25, -0.2) is 0 Å². The van der Waals surface area contributed by atoms with Gasteiger partial charge < -0.3 is 10.6 Å². The minimum atomic E-state index is -0.0964. The minimum Gasteiger partial charge on any atom is -0.351 e. The largest absolute Gasteiger partial charge is 0.351 e. The van der Waals surface area contributed by atoms with Gasteiger partial charge in [0.15, 0.2) is 0 Å². The second kappa shape index (κ2) is 10.7. The first-order chi connectivity index (χ1) is 10.2. The van der Waals surface area contributed by atoms with Crippen LogP contribution in [-0.4, -0.2) is 30.5 Å². The van der Waals surface area contributed by atoms with E-state index in [1.54, 1.807) is 11.8 Å². The van der Waals surface area contributed by atoms with Gasteiger partial charge in [0.2, 0.25) is 5.91 Å². The Hall–Kier alpha value is -1.00. The first-order valence-corrected chi connectivity index (χ1v) is 9.13. The van der Waals surface area contributed by atoms with Crippen molar-refractivity contribution >= 4 is 17.7 Å². The molecule has 0 fully saturated rings. The fourth-order valence-electron chi connectivity index (χ4n) is 2.16. The second-order valence-electron chi connectivity index (χ2n) is 5.31. The molecule has 0 aliphatic carbocycles. The summed E-state index contributed by atoms with van der Waals surface area (Å²) in [5.74, 6) is 0.912. The Balaban J connectivity index is 2.43. The van der Waals surface area contributed by atoms with Crippen LogP contribution in [0.3, 0.4) is 0 Å². The number of hydrogen-bond donors (Lipinski definition) is 2. The van der Waals surface area contributed by atoms with Crippen LogP contribution in [0.15, 0.2) is 24.3 Å². The molecule has 0 saturated heterocycles. The van der Waals surface area contributed by atoms with Crippen molar-refractivity contribution in [3.8, 4) is 0 Å². The number of carbonyl (C=O) groups is 1. The number of hydrogen-bond acceptors (Lipinski definition) is 3. The number of amides is 1. The van der Waals surface area contributed by atoms with Gasteiger partial charge in [0.1, 0.15) is 0 Å². The lowest BCUT2D eigenvalue weighted by Crippen LogP contribution is -2.46. The van der Waals surface area contributed by atoms with E-state index in [2.05, 4.69) is 36.6 Å². The average Bonchev–Trinajstić information content (AvgIpc) is 2.49. The highest BCUT2D eigenvalue weighted by atomic mass is 32.2. The van der Waals surface area contributed by atoms with Gasteiger partial charge >= 0.3 is 0 Å². The van der Waals surface area contributed by atoms with Crippen molar-refractivity contribution in [1.82, 2.24) is 10.6 Å². The van der Waals surface area contributed by atoms with Gasteiger partial charge in [0, 0.05) is 12.3 Å². The van der Waals surface area contributed by atoms with Gasteiger partial charge in [-0.3, -0.25) is 4.79 Å². The molecule has 0 heterocycles. The molecule has 21 heavy (non-hydrogen) atoms. The van der Waals surface area contributed by atoms with E-state index in [-0.39, 0.29) is 11.9 Å². The van der Waals surface area contributed by atoms with E-state index in [0.717, 1.165) is 18.7 Å². The fourth-order valence-corrected chi connectivity index (χ4v) is 2.76. The molecular weight excluding hydrogens is 280 g/mol. The van der Waals surface area contributed by atoms with E-state index < -0.39 is 0 Å². The molecule has 1 rings (SSSR count). The molecule has 1 aromatic carbocycles. The molecule has 0 unspecified atom stereocenters. The molecule has 0 bridgehead atoms. The second-order valence-corrected chi connectivity index (χ2v) is 6.22. The van der Waals surface area contributed by atoms with Gasteiger partial charge in [0.05, 0.1) is 6.04 Å². The average molecular weight is 308 g/mol. The molecule has 1 amide bonds. The summed E-state index contributed by atoms with van der Waals surface area (Å²) >= 11 is 1.70. The Morgan fingerprint density at radius 2 is 2.05 bits per heavy atom. The normalized spacial score (nSPS) is 12.1. The third-order valence-electron chi connectivity index (χ3n) is 3.54. The summed E-state index contributed by atoms with van der Waals surface area (Å²) in [5.41, 5.74) is 2.40. The maximum absolute atomic E-state index is 12.3. The summed E-state index contributed by atoms with van der Waals surface area (Å²) in [7, 11) is 0. The Bertz CT molecular complexity index is 423. The van der Waals surface area contributed by atoms with Crippen molar-refractivity contribution in [1.29, 1.82) is 0 Å². The highest BCUT2D eigenvalue weighted by molar-refractivity contribution is 7.98. The van der Waals surface area contributed by atoms with Crippen LogP contribution >= 0.6 is 11.8 Å². The molecule has 1 aromatic rings. The number of nitrogens with one attached hydrogen (secondary N) is 2. The summed E-state index contributed by atoms with van der Waals surface area (Å²) in [6, 6.07) is 8.07. The van der Waals surface area contributed by atoms with Crippen molar-refractivity contribution in [2.75, 3.05) is 18.6 Å². The highest BCUT2D eigenvalue weighted by Gasteiger charge is 2.16. The van der Waals surface area contributed by atoms with Gasteiger partial charge in [-0.1, -0.05) is 44.0 Å². The Morgan fingerprint density at radius 3 is 2.71 bits per heavy atom. The maximum atomic E-state index is 12.3. The smallest absolute Gasteiger partial charge is 0.238 e. The zero-order chi connectivity index (χ0) is 15.5. The number of unbranched alkanes of at least 4 members (excludes halogenated alkanes) is 2. The van der Waals surface area contributed by atoms with Gasteiger partial charge in [-0.15, -0.1) is 0 Å². The molecule has 2 N–H and O–H groups in total. The van der Waals surface area contributed by atoms with E-state index in [4.69, 9.17) is 0 Å². The lowest BCUT2D eigenvalue weighted by Gasteiger charge is -2.18. The van der Waals surface area contributed by atoms with E-state index in [1.165, 1.54) is 24.0 Å². The Kier molecular flexibility index (Phi) is 9.19. The molecule has 0 aliphatic rings. The van der Waals surface area contributed by atoms with E-state index in [9.17, 15) is 4.79 Å². The standard InChI is InChI=1S/C17H28N2OS/c1-4-5-8-11-18-16(13-21-3)17(20)19-12-15-10-7-6-9-14(15)2/h6-7,9-10,16,18H,4-5,8,11-13H2,1-3H3,(H,19,20)/t16-/m1/s1. The predicted molar refractivity (Wildman–Crippen MR) is 92.7 cm³/mol. The SMILES string of the molecule is CCCCCN[C@H](CSC)C(=O)NCc1ccccc1C. The first kappa shape index (κ1) is 18.1. The number of aryl methyl sites for hydroxylation is 1. The first-order valence-electron chi connectivity index (χ1n) is 7.73. The highest BCUT2D eigenvalue weighted by Crippen LogP contribution is 2.06. The maximum Gasteiger partial charge on any atom is 0.238 e. The topological polar surface area (TPSA) is 41.1 Å². The van der Waals surface area contributed by atoms with Crippen molar-refractivity contribution in [2.24, 2.45) is 0 Å². The summed E-state index contributed by atoms with van der Waals surface area (Å²) in [6.07, 6.45) is 5.58. The lowest BCUT2D eigenvalue weighted by molar-refractivity contribution is -0.122. The van der Waals surface area contributed by atoms with Crippen molar-refractivity contribution < 1.29 is 4.79 Å². The van der Waals surface area contributed by atoms with Crippen LogP contribution in [-0.2, 0) is 11.3 Å². The third-order valence-corrected chi connectivity index (χ3v) is 4.20. The van der Waals surface area contributed by atoms with Crippen LogP contribution in [0.1, 0.15) is 37.3 Å². The zero-order valence-electron chi connectivity index (χ0n) is 13.4. The monoisotopic (exact) mass is 308 g/mol. The minimum absolute atomic E-state index is 0.0964. The summed E-state index contributed by atoms with van der Waals surface area (Å²) in [4.78, 5) is 12.3. The van der Waals surface area contributed by atoms with Crippen molar-refractivity contribution in [3.63, 3.8) is 0 Å². The van der Waals surface area contributed by atoms with E-state index in [1.807, 2.05) is 18.4 Å². The molecular formula is C17H28N2OS. The van der Waals surface area contributed by atoms with Gasteiger partial charge in [-0.05, 0) is 37.3 Å². The lowest BCUT2D eigenvalue weighted by atomic mass is 10.1. The summed E-state index contributed by atoms with van der Waals surface area (Å²) < 4.78 is 0. The van der Waals surface area contributed by atoms with Crippen LogP contribution < -0.4 is 10.6 Å². The molecule has 0 aromatic heterocycles. The number of carbonyl (C=O) groups excluding carboxylic acids is 1. The van der Waals surface area contributed by atoms with E-state index in [0.29, 0.717) is 6.54 Å². The predicted octanol–water partition coefficient (Wildman–Crippen LogP) is 3.12. The van der Waals surface area contributed by atoms with Crippen LogP contribution in [0, 0.1) is 6.92 Å². The van der Waals surface area contributed by atoms with Gasteiger partial charge in [-0.2, -0.15) is 11.8 Å². The molecule has 4 heteroatoms. The van der Waals surface area contributed by atoms with Crippen molar-refractivity contribution in [2.45, 2.75) is 45.7 Å². The van der Waals surface area contributed by atoms with Crippen LogP contribution in [0.25, 0.3) is 0 Å². The Morgan fingerprint density at radius 1 is 1.29 bits per heavy atom. The van der Waals surface area contributed by atoms with Crippen LogP contribution in [0.5, 0.6) is 0 Å². The van der Waals surface area contributed by atoms with Crippen molar-refractivity contribution in [3.05, 3.63) is 35.4 Å². The number of benzene rings is 1. The van der Waals surface area contributed by atoms with E-state index >= 15 is 0 Å². The molecule has 0 radical (unpaired) electrons. The fraction of sp³-hybridized carbons (Fsp3) is 0.588. The van der Waals surface area contributed by atoms with Crippen LogP contribution in [0.2, 0.25) is 0 Å². The van der Waals surface area contributed by atoms with Crippen LogP contribution in [0.4, 0.5) is 0 Å². The molecule has 0 spiro atoms. The molecule has 1 atom stereocenters. The van der Waals surface area contributed by atoms with Gasteiger partial charge in [0.25, 0.3) is 0 Å². The molecule has 0 aliphatic heterocycles. The zero-order valence-corrected chi connectivity index (χ0v) is 14.3. The number of thioether (sulfide) groups is 1. The quantitative estimate of drug-likeness (QED) is 0.653. The summed E-state index contributed by atoms with van der Waals surface area (Å²) in [6.45, 7) is 5.78. The molecule has 3 nitrogen and oxygen atoms in total. The Labute approximate surface area is 133 Å². The molecule has 118 valence electrons. The third kappa shape index (κ3) is 7.00. The molecule has 0 saturated carbocycles.